The highest BCUT2D eigenvalue weighted by atomic mass is 16.2. The van der Waals surface area contributed by atoms with E-state index < -0.39 is 0 Å². The fourth-order valence-corrected chi connectivity index (χ4v) is 3.01. The maximum Gasteiger partial charge on any atom is 0.293 e. The summed E-state index contributed by atoms with van der Waals surface area (Å²) in [6, 6.07) is 0.470. The summed E-state index contributed by atoms with van der Waals surface area (Å²) in [7, 11) is 3.89. The molecule has 1 aliphatic heterocycles. The summed E-state index contributed by atoms with van der Waals surface area (Å²) >= 11 is 0. The second-order valence-electron chi connectivity index (χ2n) is 6.82. The minimum atomic E-state index is -0.135. The molecule has 8 heteroatoms. The third-order valence-corrected chi connectivity index (χ3v) is 4.57. The molecule has 0 saturated heterocycles. The third-order valence-electron chi connectivity index (χ3n) is 4.57. The minimum Gasteiger partial charge on any atom is -0.333 e. The first kappa shape index (κ1) is 16.6. The number of hydrogen-bond donors (Lipinski definition) is 0. The van der Waals surface area contributed by atoms with Gasteiger partial charge in [-0.05, 0) is 20.9 Å². The zero-order chi connectivity index (χ0) is 17.3. The number of aromatic nitrogens is 5. The summed E-state index contributed by atoms with van der Waals surface area (Å²) in [6.07, 6.45) is 5.34. The highest BCUT2D eigenvalue weighted by Gasteiger charge is 2.29. The van der Waals surface area contributed by atoms with Crippen LogP contribution in [0.3, 0.4) is 0 Å². The van der Waals surface area contributed by atoms with Crippen molar-refractivity contribution in [3.05, 3.63) is 30.4 Å². The molecule has 0 saturated carbocycles. The van der Waals surface area contributed by atoms with Gasteiger partial charge < -0.3 is 14.4 Å². The Hall–Kier alpha value is -2.22. The first-order valence-electron chi connectivity index (χ1n) is 8.29. The predicted molar refractivity (Wildman–Crippen MR) is 89.2 cm³/mol. The van der Waals surface area contributed by atoms with Gasteiger partial charge in [0.15, 0.2) is 0 Å². The third kappa shape index (κ3) is 3.48. The van der Waals surface area contributed by atoms with Crippen molar-refractivity contribution in [2.45, 2.75) is 33.0 Å². The first-order valence-corrected chi connectivity index (χ1v) is 8.29. The van der Waals surface area contributed by atoms with E-state index in [0.717, 1.165) is 18.9 Å². The van der Waals surface area contributed by atoms with E-state index in [1.54, 1.807) is 24.3 Å². The molecule has 0 fully saturated rings. The Bertz CT molecular complexity index is 705. The molecule has 0 aliphatic carbocycles. The molecular weight excluding hydrogens is 306 g/mol. The summed E-state index contributed by atoms with van der Waals surface area (Å²) in [5.41, 5.74) is 0. The average molecular weight is 331 g/mol. The molecule has 8 nitrogen and oxygen atoms in total. The fourth-order valence-electron chi connectivity index (χ4n) is 3.01. The van der Waals surface area contributed by atoms with Crippen LogP contribution >= 0.6 is 0 Å². The van der Waals surface area contributed by atoms with Gasteiger partial charge in [-0.1, -0.05) is 0 Å². The van der Waals surface area contributed by atoms with E-state index >= 15 is 0 Å². The lowest BCUT2D eigenvalue weighted by Crippen LogP contribution is -2.40. The number of carbonyl (C=O) groups is 1. The number of nitrogens with zero attached hydrogens (tertiary/aromatic N) is 7. The molecule has 0 spiro atoms. The second-order valence-corrected chi connectivity index (χ2v) is 6.82. The Morgan fingerprint density at radius 3 is 2.83 bits per heavy atom. The molecule has 0 bridgehead atoms. The standard InChI is InChI=1S/C16H25N7O/c1-12(2)20(3)7-13-8-22-6-5-17-14(22)10-23(9-13)16(24)15-18-11-21(4)19-15/h5-6,11-13H,7-10H2,1-4H3. The molecule has 24 heavy (non-hydrogen) atoms. The van der Waals surface area contributed by atoms with Crippen LogP contribution in [0, 0.1) is 5.92 Å². The highest BCUT2D eigenvalue weighted by molar-refractivity contribution is 5.90. The number of hydrogen-bond acceptors (Lipinski definition) is 5. The van der Waals surface area contributed by atoms with Crippen LogP contribution in [0.2, 0.25) is 0 Å². The van der Waals surface area contributed by atoms with Crippen LogP contribution in [0.25, 0.3) is 0 Å². The zero-order valence-corrected chi connectivity index (χ0v) is 14.8. The topological polar surface area (TPSA) is 72.1 Å². The van der Waals surface area contributed by atoms with E-state index in [4.69, 9.17) is 0 Å². The molecule has 130 valence electrons. The maximum absolute atomic E-state index is 12.8. The number of imidazole rings is 1. The number of rotatable bonds is 4. The quantitative estimate of drug-likeness (QED) is 0.821. The molecule has 0 N–H and O–H groups in total. The number of fused-ring (bicyclic) bond motifs is 1. The van der Waals surface area contributed by atoms with Gasteiger partial charge in [-0.3, -0.25) is 9.48 Å². The van der Waals surface area contributed by atoms with Gasteiger partial charge in [0, 0.05) is 51.0 Å². The maximum atomic E-state index is 12.8. The van der Waals surface area contributed by atoms with E-state index in [1.165, 1.54) is 0 Å². The van der Waals surface area contributed by atoms with E-state index in [0.29, 0.717) is 25.0 Å². The van der Waals surface area contributed by atoms with Gasteiger partial charge >= 0.3 is 0 Å². The Morgan fingerprint density at radius 1 is 1.38 bits per heavy atom. The highest BCUT2D eigenvalue weighted by Crippen LogP contribution is 2.18. The SMILES string of the molecule is CC(C)N(C)CC1CN(C(=O)c2ncn(C)n2)Cc2nccn2C1. The Labute approximate surface area is 142 Å². The van der Waals surface area contributed by atoms with Crippen LogP contribution in [-0.2, 0) is 20.1 Å². The van der Waals surface area contributed by atoms with Gasteiger partial charge in [-0.15, -0.1) is 5.10 Å². The smallest absolute Gasteiger partial charge is 0.293 e. The monoisotopic (exact) mass is 331 g/mol. The summed E-state index contributed by atoms with van der Waals surface area (Å²) in [5.74, 6) is 1.35. The van der Waals surface area contributed by atoms with Gasteiger partial charge in [0.25, 0.3) is 5.91 Å². The molecule has 2 aromatic heterocycles. The average Bonchev–Trinajstić information content (AvgIpc) is 3.11. The van der Waals surface area contributed by atoms with Crippen molar-refractivity contribution in [2.75, 3.05) is 20.1 Å². The molecule has 1 atom stereocenters. The molecular formula is C16H25N7O. The first-order chi connectivity index (χ1) is 11.4. The van der Waals surface area contributed by atoms with Gasteiger partial charge in [0.2, 0.25) is 5.82 Å². The molecule has 0 radical (unpaired) electrons. The van der Waals surface area contributed by atoms with Crippen molar-refractivity contribution in [1.29, 1.82) is 0 Å². The lowest BCUT2D eigenvalue weighted by atomic mass is 10.1. The van der Waals surface area contributed by atoms with E-state index in [9.17, 15) is 4.79 Å². The number of amides is 1. The van der Waals surface area contributed by atoms with Gasteiger partial charge in [-0.25, -0.2) is 9.97 Å². The van der Waals surface area contributed by atoms with Crippen LogP contribution < -0.4 is 0 Å². The summed E-state index contributed by atoms with van der Waals surface area (Å²) in [4.78, 5) is 25.4. The summed E-state index contributed by atoms with van der Waals surface area (Å²) < 4.78 is 3.70. The van der Waals surface area contributed by atoms with E-state index in [2.05, 4.69) is 45.4 Å². The van der Waals surface area contributed by atoms with Crippen molar-refractivity contribution in [2.24, 2.45) is 13.0 Å². The van der Waals surface area contributed by atoms with Crippen molar-refractivity contribution >= 4 is 5.91 Å². The van der Waals surface area contributed by atoms with Crippen molar-refractivity contribution in [1.82, 2.24) is 34.1 Å². The van der Waals surface area contributed by atoms with Crippen molar-refractivity contribution in [3.63, 3.8) is 0 Å². The minimum absolute atomic E-state index is 0.135. The van der Waals surface area contributed by atoms with Crippen LogP contribution in [0.1, 0.15) is 30.3 Å². The van der Waals surface area contributed by atoms with Crippen LogP contribution in [0.5, 0.6) is 0 Å². The number of aryl methyl sites for hydroxylation is 1. The Balaban J connectivity index is 1.82. The molecule has 2 aromatic rings. The Morgan fingerprint density at radius 2 is 2.17 bits per heavy atom. The fraction of sp³-hybridized carbons (Fsp3) is 0.625. The van der Waals surface area contributed by atoms with Gasteiger partial charge in [-0.2, -0.15) is 0 Å². The number of carbonyl (C=O) groups excluding carboxylic acids is 1. The van der Waals surface area contributed by atoms with Crippen LogP contribution in [0.4, 0.5) is 0 Å². The van der Waals surface area contributed by atoms with Gasteiger partial charge in [0.05, 0.1) is 6.54 Å². The van der Waals surface area contributed by atoms with Crippen LogP contribution in [0.15, 0.2) is 18.7 Å². The lowest BCUT2D eigenvalue weighted by Gasteiger charge is -2.29. The molecule has 1 aliphatic rings. The molecule has 0 aromatic carbocycles. The largest absolute Gasteiger partial charge is 0.333 e. The molecule has 3 heterocycles. The summed E-state index contributed by atoms with van der Waals surface area (Å²) in [5, 5.41) is 4.15. The normalized spacial score (nSPS) is 18.1. The van der Waals surface area contributed by atoms with E-state index in [1.807, 2.05) is 11.1 Å². The molecule has 1 unspecified atom stereocenters. The molecule has 3 rings (SSSR count). The zero-order valence-electron chi connectivity index (χ0n) is 14.8. The van der Waals surface area contributed by atoms with Crippen molar-refractivity contribution in [3.8, 4) is 0 Å². The second kappa shape index (κ2) is 6.72. The van der Waals surface area contributed by atoms with E-state index in [-0.39, 0.29) is 11.7 Å². The van der Waals surface area contributed by atoms with Gasteiger partial charge in [0.1, 0.15) is 12.2 Å². The Kier molecular flexibility index (Phi) is 4.66. The van der Waals surface area contributed by atoms with Crippen LogP contribution in [-0.4, -0.2) is 66.2 Å². The predicted octanol–water partition coefficient (Wildman–Crippen LogP) is 0.624. The van der Waals surface area contributed by atoms with Crippen molar-refractivity contribution < 1.29 is 4.79 Å². The lowest BCUT2D eigenvalue weighted by molar-refractivity contribution is 0.0690. The summed E-state index contributed by atoms with van der Waals surface area (Å²) in [6.45, 7) is 7.32. The molecule has 1 amide bonds.